The summed E-state index contributed by atoms with van der Waals surface area (Å²) in [5, 5.41) is 0. The van der Waals surface area contributed by atoms with Crippen molar-refractivity contribution in [3.63, 3.8) is 0 Å². The van der Waals surface area contributed by atoms with Crippen LogP contribution >= 0.6 is 23.2 Å². The Labute approximate surface area is 112 Å². The van der Waals surface area contributed by atoms with Gasteiger partial charge < -0.3 is 4.74 Å². The minimum absolute atomic E-state index is 0.528. The summed E-state index contributed by atoms with van der Waals surface area (Å²) in [4.78, 5) is 8.98. The fraction of sp³-hybridized carbons (Fsp3) is 0.462. The van der Waals surface area contributed by atoms with E-state index < -0.39 is 4.70 Å². The van der Waals surface area contributed by atoms with Crippen LogP contribution in [0.25, 0.3) is 0 Å². The lowest BCUT2D eigenvalue weighted by Gasteiger charge is -2.10. The van der Waals surface area contributed by atoms with E-state index in [1.807, 2.05) is 6.07 Å². The largest absolute Gasteiger partial charge is 0.374 e. The average Bonchev–Trinajstić information content (AvgIpc) is 2.80. The first-order valence-electron chi connectivity index (χ1n) is 5.69. The molecule has 0 unspecified atom stereocenters. The molecule has 0 atom stereocenters. The van der Waals surface area contributed by atoms with E-state index in [4.69, 9.17) is 9.53 Å². The van der Waals surface area contributed by atoms with Crippen LogP contribution in [0.15, 0.2) is 30.3 Å². The standard InChI is InChI=1S/C12H16O.CCl2O/c1-2-6-11(7-3-1)10-13-12-8-4-5-9-12;2-1(3)4/h1-3,6-7,12H,4-5,8-10H2;. The summed E-state index contributed by atoms with van der Waals surface area (Å²) in [7, 11) is 0. The quantitative estimate of drug-likeness (QED) is 0.745. The minimum atomic E-state index is -0.889. The van der Waals surface area contributed by atoms with Crippen molar-refractivity contribution in [1.82, 2.24) is 0 Å². The van der Waals surface area contributed by atoms with Gasteiger partial charge in [0.2, 0.25) is 0 Å². The second-order valence-corrected chi connectivity index (χ2v) is 4.81. The summed E-state index contributed by atoms with van der Waals surface area (Å²) in [6, 6.07) is 10.4. The molecule has 1 aromatic carbocycles. The maximum absolute atomic E-state index is 8.98. The van der Waals surface area contributed by atoms with Gasteiger partial charge in [0.05, 0.1) is 12.7 Å². The third-order valence-electron chi connectivity index (χ3n) is 2.63. The van der Waals surface area contributed by atoms with Crippen molar-refractivity contribution < 1.29 is 9.53 Å². The molecular formula is C13H16Cl2O2. The summed E-state index contributed by atoms with van der Waals surface area (Å²) >= 11 is 8.80. The lowest BCUT2D eigenvalue weighted by atomic mass is 10.2. The van der Waals surface area contributed by atoms with Gasteiger partial charge in [-0.2, -0.15) is 0 Å². The number of halogens is 2. The molecule has 0 amide bonds. The topological polar surface area (TPSA) is 26.3 Å². The third-order valence-corrected chi connectivity index (χ3v) is 2.63. The molecule has 1 aliphatic rings. The van der Waals surface area contributed by atoms with Crippen LogP contribution in [0.3, 0.4) is 0 Å². The minimum Gasteiger partial charge on any atom is -0.374 e. The van der Waals surface area contributed by atoms with Crippen molar-refractivity contribution in [2.24, 2.45) is 0 Å². The number of benzene rings is 1. The number of hydrogen-bond acceptors (Lipinski definition) is 2. The lowest BCUT2D eigenvalue weighted by Crippen LogP contribution is -2.06. The smallest absolute Gasteiger partial charge is 0.313 e. The summed E-state index contributed by atoms with van der Waals surface area (Å²) in [5.74, 6) is 0. The second kappa shape index (κ2) is 8.51. The van der Waals surface area contributed by atoms with Gasteiger partial charge in [-0.3, -0.25) is 4.79 Å². The van der Waals surface area contributed by atoms with E-state index in [9.17, 15) is 0 Å². The van der Waals surface area contributed by atoms with E-state index in [-0.39, 0.29) is 0 Å². The van der Waals surface area contributed by atoms with Crippen LogP contribution in [0, 0.1) is 0 Å². The van der Waals surface area contributed by atoms with Gasteiger partial charge in [0.1, 0.15) is 0 Å². The molecule has 1 fully saturated rings. The maximum Gasteiger partial charge on any atom is 0.313 e. The molecule has 0 N–H and O–H groups in total. The zero-order valence-electron chi connectivity index (χ0n) is 9.57. The maximum atomic E-state index is 8.98. The molecule has 0 aliphatic heterocycles. The van der Waals surface area contributed by atoms with Crippen LogP contribution in [-0.2, 0) is 11.3 Å². The molecule has 0 radical (unpaired) electrons. The van der Waals surface area contributed by atoms with Gasteiger partial charge in [0.25, 0.3) is 0 Å². The van der Waals surface area contributed by atoms with E-state index in [0.29, 0.717) is 6.10 Å². The SMILES string of the molecule is O=C(Cl)Cl.c1ccc(COC2CCCC2)cc1. The molecular weight excluding hydrogens is 259 g/mol. The molecule has 1 saturated carbocycles. The van der Waals surface area contributed by atoms with E-state index in [1.165, 1.54) is 31.2 Å². The van der Waals surface area contributed by atoms with E-state index in [2.05, 4.69) is 47.5 Å². The third kappa shape index (κ3) is 7.37. The second-order valence-electron chi connectivity index (χ2n) is 3.93. The van der Waals surface area contributed by atoms with Crippen LogP contribution in [0.5, 0.6) is 0 Å². The van der Waals surface area contributed by atoms with Gasteiger partial charge in [-0.05, 0) is 41.6 Å². The molecule has 17 heavy (non-hydrogen) atoms. The lowest BCUT2D eigenvalue weighted by molar-refractivity contribution is 0.0457. The monoisotopic (exact) mass is 274 g/mol. The highest BCUT2D eigenvalue weighted by Gasteiger charge is 2.14. The number of carbonyl (C=O) groups is 1. The Morgan fingerprint density at radius 2 is 1.71 bits per heavy atom. The first kappa shape index (κ1) is 14.5. The molecule has 4 heteroatoms. The first-order chi connectivity index (χ1) is 8.18. The molecule has 94 valence electrons. The highest BCUT2D eigenvalue weighted by molar-refractivity contribution is 6.93. The Balaban J connectivity index is 0.000000317. The molecule has 0 bridgehead atoms. The summed E-state index contributed by atoms with van der Waals surface area (Å²) < 4.78 is 4.90. The molecule has 2 nitrogen and oxygen atoms in total. The summed E-state index contributed by atoms with van der Waals surface area (Å²) in [5.41, 5.74) is 1.29. The van der Waals surface area contributed by atoms with E-state index in [0.717, 1.165) is 6.61 Å². The predicted molar refractivity (Wildman–Crippen MR) is 70.6 cm³/mol. The zero-order chi connectivity index (χ0) is 12.5. The van der Waals surface area contributed by atoms with E-state index >= 15 is 0 Å². The number of hydrogen-bond donors (Lipinski definition) is 0. The Morgan fingerprint density at radius 3 is 2.24 bits per heavy atom. The Hall–Kier alpha value is -0.570. The Morgan fingerprint density at radius 1 is 1.18 bits per heavy atom. The number of rotatable bonds is 3. The van der Waals surface area contributed by atoms with Crippen LogP contribution in [0.4, 0.5) is 4.79 Å². The molecule has 0 aromatic heterocycles. The highest BCUT2D eigenvalue weighted by atomic mass is 35.5. The van der Waals surface area contributed by atoms with Gasteiger partial charge in [-0.1, -0.05) is 43.2 Å². The van der Waals surface area contributed by atoms with Crippen molar-refractivity contribution in [1.29, 1.82) is 0 Å². The van der Waals surface area contributed by atoms with Gasteiger partial charge in [-0.25, -0.2) is 0 Å². The van der Waals surface area contributed by atoms with Crippen molar-refractivity contribution in [3.8, 4) is 0 Å². The summed E-state index contributed by atoms with van der Waals surface area (Å²) in [6.07, 6.45) is 5.73. The molecule has 0 saturated heterocycles. The van der Waals surface area contributed by atoms with Crippen molar-refractivity contribution in [2.45, 2.75) is 38.4 Å². The molecule has 0 spiro atoms. The van der Waals surface area contributed by atoms with Crippen molar-refractivity contribution in [3.05, 3.63) is 35.9 Å². The van der Waals surface area contributed by atoms with Gasteiger partial charge in [-0.15, -0.1) is 0 Å². The Kier molecular flexibility index (Phi) is 7.25. The van der Waals surface area contributed by atoms with Crippen LogP contribution in [-0.4, -0.2) is 10.8 Å². The fourth-order valence-corrected chi connectivity index (χ4v) is 1.84. The van der Waals surface area contributed by atoms with Crippen LogP contribution < -0.4 is 0 Å². The van der Waals surface area contributed by atoms with Gasteiger partial charge in [0.15, 0.2) is 0 Å². The van der Waals surface area contributed by atoms with Gasteiger partial charge >= 0.3 is 4.70 Å². The molecule has 0 heterocycles. The van der Waals surface area contributed by atoms with Gasteiger partial charge in [0, 0.05) is 0 Å². The molecule has 1 aliphatic carbocycles. The average molecular weight is 275 g/mol. The number of ether oxygens (including phenoxy) is 1. The van der Waals surface area contributed by atoms with Crippen LogP contribution in [0.1, 0.15) is 31.2 Å². The molecule has 2 rings (SSSR count). The predicted octanol–water partition coefficient (Wildman–Crippen LogP) is 4.73. The van der Waals surface area contributed by atoms with Crippen molar-refractivity contribution >= 4 is 27.9 Å². The molecule has 1 aromatic rings. The first-order valence-corrected chi connectivity index (χ1v) is 6.44. The number of carbonyl (C=O) groups excluding carboxylic acids is 1. The fourth-order valence-electron chi connectivity index (χ4n) is 1.84. The van der Waals surface area contributed by atoms with Crippen molar-refractivity contribution in [2.75, 3.05) is 0 Å². The van der Waals surface area contributed by atoms with Crippen LogP contribution in [0.2, 0.25) is 0 Å². The Bertz CT molecular complexity index is 317. The highest BCUT2D eigenvalue weighted by Crippen LogP contribution is 2.21. The zero-order valence-corrected chi connectivity index (χ0v) is 11.1. The summed E-state index contributed by atoms with van der Waals surface area (Å²) in [6.45, 7) is 0.783. The van der Waals surface area contributed by atoms with E-state index in [1.54, 1.807) is 0 Å². The normalized spacial score (nSPS) is 15.2.